The van der Waals surface area contributed by atoms with Crippen molar-refractivity contribution in [3.63, 3.8) is 0 Å². The van der Waals surface area contributed by atoms with Crippen molar-refractivity contribution in [1.82, 2.24) is 9.97 Å². The van der Waals surface area contributed by atoms with Crippen molar-refractivity contribution in [1.29, 1.82) is 0 Å². The molecule has 2 aromatic heterocycles. The van der Waals surface area contributed by atoms with Gasteiger partial charge in [-0.05, 0) is 31.2 Å². The Morgan fingerprint density at radius 2 is 2.23 bits per heavy atom. The van der Waals surface area contributed by atoms with Crippen molar-refractivity contribution in [2.75, 3.05) is 25.6 Å². The number of hydrogen-bond donors (Lipinski definition) is 1. The molecule has 0 radical (unpaired) electrons. The first kappa shape index (κ1) is 15.2. The second-order valence-electron chi connectivity index (χ2n) is 5.34. The smallest absolute Gasteiger partial charge is 0.226 e. The molecule has 6 nitrogen and oxygen atoms in total. The van der Waals surface area contributed by atoms with Crippen molar-refractivity contribution in [3.8, 4) is 5.88 Å². The molecule has 3 heterocycles. The molecule has 0 atom stereocenters. The van der Waals surface area contributed by atoms with Gasteiger partial charge in [-0.15, -0.1) is 0 Å². The van der Waals surface area contributed by atoms with E-state index in [1.54, 1.807) is 13.2 Å². The molecule has 0 bridgehead atoms. The van der Waals surface area contributed by atoms with Crippen LogP contribution in [0, 0.1) is 5.92 Å². The second-order valence-corrected chi connectivity index (χ2v) is 6.32. The van der Waals surface area contributed by atoms with E-state index in [4.69, 9.17) is 9.47 Å². The third-order valence-corrected chi connectivity index (χ3v) is 4.69. The molecule has 0 aliphatic carbocycles. The number of methoxy groups -OCH3 is 1. The van der Waals surface area contributed by atoms with Gasteiger partial charge < -0.3 is 14.8 Å². The summed E-state index contributed by atoms with van der Waals surface area (Å²) >= 11 is 1.36. The number of pyridine rings is 1. The normalized spacial score (nSPS) is 15.9. The fraction of sp³-hybridized carbons (Fsp3) is 0.533. The molecular weight excluding hydrogens is 302 g/mol. The van der Waals surface area contributed by atoms with Crippen LogP contribution in [0.2, 0.25) is 0 Å². The highest BCUT2D eigenvalue weighted by Crippen LogP contribution is 2.26. The Bertz CT molecular complexity index is 653. The molecule has 1 aliphatic rings. The third-order valence-electron chi connectivity index (χ3n) is 3.81. The zero-order valence-corrected chi connectivity index (χ0v) is 13.3. The molecule has 0 aromatic carbocycles. The minimum atomic E-state index is 0.0116. The Balaban J connectivity index is 1.56. The van der Waals surface area contributed by atoms with Crippen molar-refractivity contribution >= 4 is 32.7 Å². The van der Waals surface area contributed by atoms with Gasteiger partial charge in [-0.25, -0.2) is 9.97 Å². The van der Waals surface area contributed by atoms with Crippen LogP contribution in [0.15, 0.2) is 12.1 Å². The van der Waals surface area contributed by atoms with Crippen LogP contribution in [-0.4, -0.2) is 36.2 Å². The van der Waals surface area contributed by atoms with Gasteiger partial charge in [-0.3, -0.25) is 4.79 Å². The lowest BCUT2D eigenvalue weighted by Crippen LogP contribution is -2.18. The van der Waals surface area contributed by atoms with Gasteiger partial charge >= 0.3 is 0 Å². The summed E-state index contributed by atoms with van der Waals surface area (Å²) in [5.74, 6) is 1.16. The first-order chi connectivity index (χ1) is 10.7. The zero-order chi connectivity index (χ0) is 15.4. The molecule has 0 saturated carbocycles. The van der Waals surface area contributed by atoms with Crippen LogP contribution >= 0.6 is 11.3 Å². The molecule has 22 heavy (non-hydrogen) atoms. The molecule has 7 heteroatoms. The number of nitrogens with zero attached hydrogens (tertiary/aromatic N) is 2. The van der Waals surface area contributed by atoms with Crippen LogP contribution in [-0.2, 0) is 9.53 Å². The SMILES string of the molecule is COc1ccc2nc(NC(=O)CCC3CCOCC3)sc2n1. The second kappa shape index (κ2) is 7.02. The van der Waals surface area contributed by atoms with Gasteiger partial charge in [0, 0.05) is 25.7 Å². The lowest BCUT2D eigenvalue weighted by molar-refractivity contribution is -0.116. The molecule has 1 fully saturated rings. The summed E-state index contributed by atoms with van der Waals surface area (Å²) in [5.41, 5.74) is 0.769. The predicted octanol–water partition coefficient (Wildman–Crippen LogP) is 2.85. The number of nitrogens with one attached hydrogen (secondary N) is 1. The van der Waals surface area contributed by atoms with Crippen LogP contribution in [0.3, 0.4) is 0 Å². The zero-order valence-electron chi connectivity index (χ0n) is 12.5. The van der Waals surface area contributed by atoms with E-state index < -0.39 is 0 Å². The number of thiazole rings is 1. The van der Waals surface area contributed by atoms with E-state index in [2.05, 4.69) is 15.3 Å². The highest BCUT2D eigenvalue weighted by molar-refractivity contribution is 7.21. The van der Waals surface area contributed by atoms with Gasteiger partial charge in [0.15, 0.2) is 5.13 Å². The highest BCUT2D eigenvalue weighted by atomic mass is 32.1. The Hall–Kier alpha value is -1.73. The largest absolute Gasteiger partial charge is 0.481 e. The third kappa shape index (κ3) is 3.72. The van der Waals surface area contributed by atoms with Gasteiger partial charge in [0.1, 0.15) is 10.3 Å². The Labute approximate surface area is 132 Å². The summed E-state index contributed by atoms with van der Waals surface area (Å²) in [6.07, 6.45) is 3.54. The van der Waals surface area contributed by atoms with E-state index in [9.17, 15) is 4.79 Å². The number of rotatable bonds is 5. The molecule has 1 aliphatic heterocycles. The topological polar surface area (TPSA) is 73.3 Å². The van der Waals surface area contributed by atoms with Crippen molar-refractivity contribution in [2.45, 2.75) is 25.7 Å². The molecule has 1 N–H and O–H groups in total. The van der Waals surface area contributed by atoms with Crippen LogP contribution in [0.1, 0.15) is 25.7 Å². The van der Waals surface area contributed by atoms with Crippen LogP contribution in [0.4, 0.5) is 5.13 Å². The van der Waals surface area contributed by atoms with Gasteiger partial charge in [0.25, 0.3) is 0 Å². The van der Waals surface area contributed by atoms with E-state index in [1.165, 1.54) is 11.3 Å². The number of amides is 1. The number of anilines is 1. The molecule has 2 aromatic rings. The number of fused-ring (bicyclic) bond motifs is 1. The van der Waals surface area contributed by atoms with Crippen molar-refractivity contribution in [3.05, 3.63) is 12.1 Å². The van der Waals surface area contributed by atoms with E-state index in [-0.39, 0.29) is 5.91 Å². The Morgan fingerprint density at radius 1 is 1.41 bits per heavy atom. The maximum absolute atomic E-state index is 12.0. The van der Waals surface area contributed by atoms with Crippen molar-refractivity contribution in [2.24, 2.45) is 5.92 Å². The van der Waals surface area contributed by atoms with Gasteiger partial charge in [-0.2, -0.15) is 0 Å². The first-order valence-electron chi connectivity index (χ1n) is 7.44. The van der Waals surface area contributed by atoms with Crippen LogP contribution in [0.25, 0.3) is 10.3 Å². The van der Waals surface area contributed by atoms with Gasteiger partial charge in [-0.1, -0.05) is 11.3 Å². The first-order valence-corrected chi connectivity index (χ1v) is 8.25. The maximum atomic E-state index is 12.0. The number of carbonyl (C=O) groups excluding carboxylic acids is 1. The number of aromatic nitrogens is 2. The minimum absolute atomic E-state index is 0.0116. The molecule has 1 amide bonds. The van der Waals surface area contributed by atoms with Crippen LogP contribution in [0.5, 0.6) is 5.88 Å². The average Bonchev–Trinajstić information content (AvgIpc) is 2.95. The molecule has 1 saturated heterocycles. The molecule has 3 rings (SSSR count). The van der Waals surface area contributed by atoms with E-state index in [0.717, 1.165) is 42.8 Å². The lowest BCUT2D eigenvalue weighted by atomic mass is 9.95. The fourth-order valence-electron chi connectivity index (χ4n) is 2.52. The highest BCUT2D eigenvalue weighted by Gasteiger charge is 2.16. The molecular formula is C15H19N3O3S. The minimum Gasteiger partial charge on any atom is -0.481 e. The summed E-state index contributed by atoms with van der Waals surface area (Å²) in [6.45, 7) is 1.63. The van der Waals surface area contributed by atoms with Crippen molar-refractivity contribution < 1.29 is 14.3 Å². The standard InChI is InChI=1S/C15H19N3O3S/c1-20-13-5-3-11-14(18-13)22-15(16-11)17-12(19)4-2-10-6-8-21-9-7-10/h3,5,10H,2,4,6-9H2,1H3,(H,16,17,19). The maximum Gasteiger partial charge on any atom is 0.226 e. The van der Waals surface area contributed by atoms with E-state index >= 15 is 0 Å². The van der Waals surface area contributed by atoms with Crippen LogP contribution < -0.4 is 10.1 Å². The number of hydrogen-bond acceptors (Lipinski definition) is 6. The summed E-state index contributed by atoms with van der Waals surface area (Å²) in [5, 5.41) is 3.46. The summed E-state index contributed by atoms with van der Waals surface area (Å²) in [6, 6.07) is 3.61. The number of carbonyl (C=O) groups is 1. The molecule has 0 spiro atoms. The lowest BCUT2D eigenvalue weighted by Gasteiger charge is -2.21. The van der Waals surface area contributed by atoms with Gasteiger partial charge in [0.05, 0.1) is 7.11 Å². The quantitative estimate of drug-likeness (QED) is 0.916. The number of ether oxygens (including phenoxy) is 2. The molecule has 118 valence electrons. The monoisotopic (exact) mass is 321 g/mol. The van der Waals surface area contributed by atoms with E-state index in [0.29, 0.717) is 23.4 Å². The van der Waals surface area contributed by atoms with Gasteiger partial charge in [0.2, 0.25) is 11.8 Å². The fourth-order valence-corrected chi connectivity index (χ4v) is 3.37. The summed E-state index contributed by atoms with van der Waals surface area (Å²) in [4.78, 5) is 21.5. The molecule has 0 unspecified atom stereocenters. The summed E-state index contributed by atoms with van der Waals surface area (Å²) < 4.78 is 10.4. The Morgan fingerprint density at radius 3 is 3.00 bits per heavy atom. The predicted molar refractivity (Wildman–Crippen MR) is 85.4 cm³/mol. The average molecular weight is 321 g/mol. The van der Waals surface area contributed by atoms with E-state index in [1.807, 2.05) is 6.07 Å². The Kier molecular flexibility index (Phi) is 4.84. The summed E-state index contributed by atoms with van der Waals surface area (Å²) in [7, 11) is 1.58.